The summed E-state index contributed by atoms with van der Waals surface area (Å²) in [4.78, 5) is 7.47. The Bertz CT molecular complexity index is 2010. The molecule has 0 unspecified atom stereocenters. The van der Waals surface area contributed by atoms with E-state index in [2.05, 4.69) is 53.4 Å². The number of alkyl halides is 3. The molecule has 45 heavy (non-hydrogen) atoms. The van der Waals surface area contributed by atoms with Crippen molar-refractivity contribution in [2.24, 2.45) is 0 Å². The third-order valence-electron chi connectivity index (χ3n) is 7.99. The molecule has 6 aromatic rings. The number of hydrogen-bond acceptors (Lipinski definition) is 4. The van der Waals surface area contributed by atoms with E-state index in [9.17, 15) is 13.2 Å². The molecule has 4 nitrogen and oxygen atoms in total. The van der Waals surface area contributed by atoms with Gasteiger partial charge in [0.2, 0.25) is 0 Å². The summed E-state index contributed by atoms with van der Waals surface area (Å²) >= 11 is 0.130. The monoisotopic (exact) mass is 668 g/mol. The zero-order valence-corrected chi connectivity index (χ0v) is 26.4. The molecule has 0 N–H and O–H groups in total. The van der Waals surface area contributed by atoms with Gasteiger partial charge < -0.3 is 0 Å². The number of fused-ring (bicyclic) bond motifs is 3. The number of aromatic nitrogens is 1. The van der Waals surface area contributed by atoms with Crippen LogP contribution in [0.3, 0.4) is 0 Å². The molecule has 0 radical (unpaired) electrons. The van der Waals surface area contributed by atoms with E-state index in [1.54, 1.807) is 14.2 Å². The summed E-state index contributed by atoms with van der Waals surface area (Å²) in [6.07, 6.45) is -4.43. The van der Waals surface area contributed by atoms with Gasteiger partial charge in [-0.1, -0.05) is 0 Å². The molecule has 0 saturated carbocycles. The quantitative estimate of drug-likeness (QED) is 0.173. The average Bonchev–Trinajstić information content (AvgIpc) is 3.06. The number of aryl methyl sites for hydroxylation is 1. The Morgan fingerprint density at radius 3 is 1.84 bits per heavy atom. The first-order valence-corrected chi connectivity index (χ1v) is 16.0. The molecule has 0 aliphatic carbocycles. The summed E-state index contributed by atoms with van der Waals surface area (Å²) < 4.78 is 54.1. The van der Waals surface area contributed by atoms with Crippen molar-refractivity contribution in [3.8, 4) is 33.9 Å². The molecule has 1 aliphatic heterocycles. The number of halogens is 3. The molecule has 0 bridgehead atoms. The second kappa shape index (κ2) is 11.3. The fourth-order valence-corrected chi connectivity index (χ4v) is 8.03. The molecule has 224 valence electrons. The zero-order valence-electron chi connectivity index (χ0n) is 24.6. The number of ether oxygens (including phenoxy) is 2. The van der Waals surface area contributed by atoms with Crippen molar-refractivity contribution in [3.63, 3.8) is 0 Å². The second-order valence-corrected chi connectivity index (χ2v) is 13.0. The number of benzene rings is 5. The van der Waals surface area contributed by atoms with Crippen molar-refractivity contribution in [1.29, 1.82) is 0 Å². The van der Waals surface area contributed by atoms with Crippen LogP contribution in [0.15, 0.2) is 109 Å². The van der Waals surface area contributed by atoms with E-state index in [0.29, 0.717) is 22.8 Å². The van der Waals surface area contributed by atoms with Gasteiger partial charge in [-0.3, -0.25) is 0 Å². The number of methoxy groups -OCH3 is 2. The molecule has 0 saturated heterocycles. The van der Waals surface area contributed by atoms with Crippen LogP contribution in [-0.2, 0) is 6.18 Å². The van der Waals surface area contributed by atoms with E-state index >= 15 is 0 Å². The van der Waals surface area contributed by atoms with Gasteiger partial charge in [-0.05, 0) is 0 Å². The van der Waals surface area contributed by atoms with E-state index in [-0.39, 0.29) is 15.0 Å². The Morgan fingerprint density at radius 2 is 1.27 bits per heavy atom. The molecule has 0 spiro atoms. The van der Waals surface area contributed by atoms with Gasteiger partial charge in [-0.25, -0.2) is 0 Å². The second-order valence-electron chi connectivity index (χ2n) is 10.7. The van der Waals surface area contributed by atoms with Gasteiger partial charge in [0.15, 0.2) is 0 Å². The van der Waals surface area contributed by atoms with E-state index in [4.69, 9.17) is 14.5 Å². The van der Waals surface area contributed by atoms with Crippen molar-refractivity contribution in [3.05, 3.63) is 120 Å². The first-order chi connectivity index (χ1) is 21.7. The van der Waals surface area contributed by atoms with E-state index < -0.39 is 11.7 Å². The maximum absolute atomic E-state index is 13.5. The van der Waals surface area contributed by atoms with E-state index in [0.717, 1.165) is 56.8 Å². The van der Waals surface area contributed by atoms with Gasteiger partial charge in [0.1, 0.15) is 0 Å². The van der Waals surface area contributed by atoms with Crippen LogP contribution in [0.2, 0.25) is 0 Å². The van der Waals surface area contributed by atoms with Gasteiger partial charge in [-0.15, -0.1) is 0 Å². The minimum absolute atomic E-state index is 0.130. The van der Waals surface area contributed by atoms with Gasteiger partial charge in [0.25, 0.3) is 0 Å². The normalized spacial score (nSPS) is 12.5. The number of pyridine rings is 1. The van der Waals surface area contributed by atoms with Crippen LogP contribution in [0.25, 0.3) is 33.3 Å². The number of rotatable bonds is 5. The van der Waals surface area contributed by atoms with Crippen molar-refractivity contribution < 1.29 is 22.6 Å². The Labute approximate surface area is 265 Å². The summed E-state index contributed by atoms with van der Waals surface area (Å²) in [7, 11) is 3.21. The van der Waals surface area contributed by atoms with Crippen LogP contribution >= 0.6 is 0 Å². The SMILES string of the molecule is COc1cc(OC)cc(-c2cc(-c3ccc(C(F)(F)F)cc3)nc3c(N4c5ccccc5[Se]c5ccccc54)ccc(C)c23)c1. The molecule has 5 aromatic carbocycles. The predicted molar refractivity (Wildman–Crippen MR) is 175 cm³/mol. The molecule has 1 aliphatic rings. The first kappa shape index (κ1) is 29.0. The van der Waals surface area contributed by atoms with Crippen LogP contribution in [0.4, 0.5) is 30.2 Å². The van der Waals surface area contributed by atoms with Gasteiger partial charge in [0, 0.05) is 0 Å². The minimum atomic E-state index is -4.43. The van der Waals surface area contributed by atoms with Gasteiger partial charge in [-0.2, -0.15) is 13.2 Å². The third kappa shape index (κ3) is 5.20. The Morgan fingerprint density at radius 1 is 0.667 bits per heavy atom. The summed E-state index contributed by atoms with van der Waals surface area (Å²) in [6, 6.07) is 33.8. The van der Waals surface area contributed by atoms with Crippen LogP contribution in [-0.4, -0.2) is 34.2 Å². The van der Waals surface area contributed by atoms with Crippen molar-refractivity contribution in [1.82, 2.24) is 4.98 Å². The van der Waals surface area contributed by atoms with Crippen LogP contribution < -0.4 is 23.3 Å². The average molecular weight is 668 g/mol. The molecular formula is C37H27F3N2O2Se. The summed E-state index contributed by atoms with van der Waals surface area (Å²) in [5, 5.41) is 0.935. The standard InChI is InChI=1S/C37H27F3N2O2Se/c1-22-12-17-32(42-30-8-4-6-10-33(30)45-34-11-7-5-9-31(34)42)36-35(22)28(24-18-26(43-2)20-27(19-24)44-3)21-29(41-36)23-13-15-25(16-14-23)37(38,39)40/h4-21H,1-3H3. The van der Waals surface area contributed by atoms with Crippen LogP contribution in [0, 0.1) is 6.92 Å². The molecule has 0 atom stereocenters. The van der Waals surface area contributed by atoms with Crippen LogP contribution in [0.1, 0.15) is 11.1 Å². The van der Waals surface area contributed by atoms with E-state index in [1.165, 1.54) is 21.1 Å². The maximum atomic E-state index is 13.5. The Balaban J connectivity index is 1.55. The predicted octanol–water partition coefficient (Wildman–Crippen LogP) is 8.35. The van der Waals surface area contributed by atoms with Crippen LogP contribution in [0.5, 0.6) is 11.5 Å². The van der Waals surface area contributed by atoms with Crippen molar-refractivity contribution in [2.75, 3.05) is 19.1 Å². The molecule has 8 heteroatoms. The fourth-order valence-electron chi connectivity index (χ4n) is 5.81. The molecule has 0 fully saturated rings. The first-order valence-electron chi connectivity index (χ1n) is 14.3. The Hall–Kier alpha value is -4.78. The van der Waals surface area contributed by atoms with Crippen molar-refractivity contribution >= 4 is 51.8 Å². The number of anilines is 3. The summed E-state index contributed by atoms with van der Waals surface area (Å²) in [5.74, 6) is 1.25. The number of hydrogen-bond donors (Lipinski definition) is 0. The summed E-state index contributed by atoms with van der Waals surface area (Å²) in [5.41, 5.74) is 6.96. The molecule has 7 rings (SSSR count). The van der Waals surface area contributed by atoms with Crippen molar-refractivity contribution in [2.45, 2.75) is 13.1 Å². The number of para-hydroxylation sites is 2. The number of nitrogens with zero attached hydrogens (tertiary/aromatic N) is 2. The van der Waals surface area contributed by atoms with Gasteiger partial charge >= 0.3 is 253 Å². The zero-order chi connectivity index (χ0) is 31.3. The van der Waals surface area contributed by atoms with E-state index in [1.807, 2.05) is 43.3 Å². The molecule has 1 aromatic heterocycles. The Kier molecular flexibility index (Phi) is 7.27. The fraction of sp³-hybridized carbons (Fsp3) is 0.108. The van der Waals surface area contributed by atoms with Gasteiger partial charge in [0.05, 0.1) is 0 Å². The topological polar surface area (TPSA) is 34.6 Å². The molecule has 2 heterocycles. The molecular weight excluding hydrogens is 640 g/mol. The summed E-state index contributed by atoms with van der Waals surface area (Å²) in [6.45, 7) is 2.05. The molecule has 0 amide bonds. The third-order valence-corrected chi connectivity index (χ3v) is 10.4.